The number of hydrogen-bond acceptors (Lipinski definition) is 2. The Morgan fingerprint density at radius 2 is 1.96 bits per heavy atom. The topological polar surface area (TPSA) is 75.4 Å². The molecule has 1 aliphatic rings. The van der Waals surface area contributed by atoms with Crippen LogP contribution in [0.25, 0.3) is 0 Å². The molecule has 3 rings (SSSR count). The highest BCUT2D eigenvalue weighted by atomic mass is 79.9. The number of nitrogens with zero attached hydrogens (tertiary/aromatic N) is 1. The molecule has 5 nitrogen and oxygen atoms in total. The zero-order valence-corrected chi connectivity index (χ0v) is 17.4. The maximum absolute atomic E-state index is 12.3. The summed E-state index contributed by atoms with van der Waals surface area (Å²) in [5, 5.41) is 3.88. The van der Waals surface area contributed by atoms with Crippen LogP contribution in [0.2, 0.25) is 10.0 Å². The number of carbonyl (C=O) groups excluding carboxylic acids is 2. The number of rotatable bonds is 5. The van der Waals surface area contributed by atoms with Crippen LogP contribution in [0.5, 0.6) is 0 Å². The average molecular weight is 471 g/mol. The van der Waals surface area contributed by atoms with Crippen LogP contribution < -0.4 is 11.1 Å². The van der Waals surface area contributed by atoms with Gasteiger partial charge in [-0.15, -0.1) is 0 Å². The lowest BCUT2D eigenvalue weighted by molar-refractivity contribution is -0.120. The van der Waals surface area contributed by atoms with E-state index in [2.05, 4.69) is 21.2 Å². The molecule has 1 saturated heterocycles. The molecule has 1 fully saturated rings. The molecular weight excluding hydrogens is 453 g/mol. The molecule has 3 amide bonds. The summed E-state index contributed by atoms with van der Waals surface area (Å²) in [6.45, 7) is 1.10. The van der Waals surface area contributed by atoms with Crippen LogP contribution >= 0.6 is 39.1 Å². The molecule has 2 aromatic rings. The monoisotopic (exact) mass is 469 g/mol. The highest BCUT2D eigenvalue weighted by Gasteiger charge is 2.35. The summed E-state index contributed by atoms with van der Waals surface area (Å²) in [5.74, 6) is -1.06. The first-order chi connectivity index (χ1) is 12.8. The lowest BCUT2D eigenvalue weighted by Crippen LogP contribution is -2.53. The quantitative estimate of drug-likeness (QED) is 0.688. The van der Waals surface area contributed by atoms with E-state index in [4.69, 9.17) is 28.9 Å². The van der Waals surface area contributed by atoms with Crippen LogP contribution in [0, 0.1) is 5.92 Å². The summed E-state index contributed by atoms with van der Waals surface area (Å²) in [5.41, 5.74) is 7.31. The van der Waals surface area contributed by atoms with E-state index in [1.807, 2.05) is 24.3 Å². The van der Waals surface area contributed by atoms with Gasteiger partial charge in [0, 0.05) is 40.1 Å². The Morgan fingerprint density at radius 1 is 1.26 bits per heavy atom. The molecule has 0 aliphatic carbocycles. The Morgan fingerprint density at radius 3 is 2.59 bits per heavy atom. The zero-order valence-electron chi connectivity index (χ0n) is 14.3. The molecule has 27 heavy (non-hydrogen) atoms. The van der Waals surface area contributed by atoms with Gasteiger partial charge in [-0.3, -0.25) is 4.79 Å². The summed E-state index contributed by atoms with van der Waals surface area (Å²) < 4.78 is 0.922. The summed E-state index contributed by atoms with van der Waals surface area (Å²) >= 11 is 15.6. The minimum Gasteiger partial charge on any atom is -0.369 e. The van der Waals surface area contributed by atoms with Gasteiger partial charge in [-0.1, -0.05) is 57.3 Å². The van der Waals surface area contributed by atoms with Gasteiger partial charge in [-0.25, -0.2) is 4.79 Å². The maximum atomic E-state index is 12.3. The molecule has 0 aromatic heterocycles. The van der Waals surface area contributed by atoms with E-state index >= 15 is 0 Å². The number of hydrogen-bond donors (Lipinski definition) is 2. The van der Waals surface area contributed by atoms with Crippen molar-refractivity contribution in [3.63, 3.8) is 0 Å². The van der Waals surface area contributed by atoms with Gasteiger partial charge in [0.1, 0.15) is 0 Å². The molecule has 142 valence electrons. The SMILES string of the molecule is NC(=O)C(c1ccc(Br)cc1)C1CNC(=O)N(Cc2ccc(Cl)cc2Cl)C1. The number of halogens is 3. The Bertz CT molecular complexity index is 861. The van der Waals surface area contributed by atoms with E-state index in [-0.39, 0.29) is 11.9 Å². The van der Waals surface area contributed by atoms with Gasteiger partial charge in [0.25, 0.3) is 0 Å². The predicted octanol–water partition coefficient (Wildman–Crippen LogP) is 4.17. The Labute approximate surface area is 175 Å². The van der Waals surface area contributed by atoms with E-state index < -0.39 is 11.8 Å². The minimum absolute atomic E-state index is 0.146. The third-order valence-electron chi connectivity index (χ3n) is 4.64. The van der Waals surface area contributed by atoms with E-state index in [0.717, 1.165) is 15.6 Å². The fraction of sp³-hybridized carbons (Fsp3) is 0.263. The van der Waals surface area contributed by atoms with Crippen molar-refractivity contribution in [3.05, 3.63) is 68.1 Å². The van der Waals surface area contributed by atoms with Crippen LogP contribution in [0.3, 0.4) is 0 Å². The molecule has 0 bridgehead atoms. The average Bonchev–Trinajstić information content (AvgIpc) is 2.61. The summed E-state index contributed by atoms with van der Waals surface area (Å²) in [6.07, 6.45) is 0. The van der Waals surface area contributed by atoms with Crippen LogP contribution in [-0.2, 0) is 11.3 Å². The van der Waals surface area contributed by atoms with Crippen molar-refractivity contribution < 1.29 is 9.59 Å². The molecule has 8 heteroatoms. The normalized spacial score (nSPS) is 18.1. The van der Waals surface area contributed by atoms with Gasteiger partial charge in [0.05, 0.1) is 5.92 Å². The molecule has 0 radical (unpaired) electrons. The Kier molecular flexibility index (Phi) is 6.29. The van der Waals surface area contributed by atoms with E-state index in [0.29, 0.717) is 29.7 Å². The summed E-state index contributed by atoms with van der Waals surface area (Å²) in [7, 11) is 0. The summed E-state index contributed by atoms with van der Waals surface area (Å²) in [6, 6.07) is 12.5. The van der Waals surface area contributed by atoms with Crippen LogP contribution in [0.4, 0.5) is 4.79 Å². The number of urea groups is 1. The standard InChI is InChI=1S/C19H18BrCl2N3O2/c20-14-4-1-11(2-5-14)17(18(23)26)13-8-24-19(27)25(10-13)9-12-3-6-15(21)7-16(12)22/h1-7,13,17H,8-10H2,(H2,23,26)(H,24,27). The molecule has 1 aliphatic heterocycles. The van der Waals surface area contributed by atoms with Gasteiger partial charge in [0.15, 0.2) is 0 Å². The molecule has 1 heterocycles. The first kappa shape index (κ1) is 20.0. The zero-order chi connectivity index (χ0) is 19.6. The Balaban J connectivity index is 1.81. The fourth-order valence-electron chi connectivity index (χ4n) is 3.31. The number of amides is 3. The fourth-order valence-corrected chi connectivity index (χ4v) is 4.05. The minimum atomic E-state index is -0.498. The third-order valence-corrected chi connectivity index (χ3v) is 5.76. The van der Waals surface area contributed by atoms with Gasteiger partial charge < -0.3 is 16.0 Å². The van der Waals surface area contributed by atoms with Crippen molar-refractivity contribution in [3.8, 4) is 0 Å². The largest absolute Gasteiger partial charge is 0.369 e. The molecule has 0 saturated carbocycles. The number of nitrogens with one attached hydrogen (secondary N) is 1. The first-order valence-electron chi connectivity index (χ1n) is 8.36. The van der Waals surface area contributed by atoms with E-state index in [9.17, 15) is 9.59 Å². The van der Waals surface area contributed by atoms with Crippen molar-refractivity contribution in [1.82, 2.24) is 10.2 Å². The molecule has 2 atom stereocenters. The highest BCUT2D eigenvalue weighted by Crippen LogP contribution is 2.30. The van der Waals surface area contributed by atoms with E-state index in [1.165, 1.54) is 0 Å². The van der Waals surface area contributed by atoms with Gasteiger partial charge >= 0.3 is 6.03 Å². The maximum Gasteiger partial charge on any atom is 0.317 e. The van der Waals surface area contributed by atoms with Crippen molar-refractivity contribution in [2.45, 2.75) is 12.5 Å². The van der Waals surface area contributed by atoms with Gasteiger partial charge in [0.2, 0.25) is 5.91 Å². The van der Waals surface area contributed by atoms with Gasteiger partial charge in [-0.05, 0) is 35.4 Å². The van der Waals surface area contributed by atoms with Crippen molar-refractivity contribution in [2.75, 3.05) is 13.1 Å². The number of benzene rings is 2. The number of nitrogens with two attached hydrogens (primary N) is 1. The smallest absolute Gasteiger partial charge is 0.317 e. The second-order valence-electron chi connectivity index (χ2n) is 6.49. The van der Waals surface area contributed by atoms with Crippen molar-refractivity contribution in [1.29, 1.82) is 0 Å². The summed E-state index contributed by atoms with van der Waals surface area (Å²) in [4.78, 5) is 26.1. The molecule has 3 N–H and O–H groups in total. The van der Waals surface area contributed by atoms with Crippen LogP contribution in [0.1, 0.15) is 17.0 Å². The molecule has 0 spiro atoms. The lowest BCUT2D eigenvalue weighted by Gasteiger charge is -2.36. The van der Waals surface area contributed by atoms with Crippen molar-refractivity contribution >= 4 is 51.1 Å². The predicted molar refractivity (Wildman–Crippen MR) is 110 cm³/mol. The molecule has 2 aromatic carbocycles. The van der Waals surface area contributed by atoms with E-state index in [1.54, 1.807) is 23.1 Å². The highest BCUT2D eigenvalue weighted by molar-refractivity contribution is 9.10. The van der Waals surface area contributed by atoms with Crippen molar-refractivity contribution in [2.24, 2.45) is 11.7 Å². The second kappa shape index (κ2) is 8.50. The van der Waals surface area contributed by atoms with Gasteiger partial charge in [-0.2, -0.15) is 0 Å². The third kappa shape index (κ3) is 4.75. The number of carbonyl (C=O) groups is 2. The number of primary amides is 1. The first-order valence-corrected chi connectivity index (χ1v) is 9.91. The molecule has 2 unspecified atom stereocenters. The van der Waals surface area contributed by atoms with Crippen LogP contribution in [-0.4, -0.2) is 29.9 Å². The lowest BCUT2D eigenvalue weighted by atomic mass is 9.84. The van der Waals surface area contributed by atoms with Crippen LogP contribution in [0.15, 0.2) is 46.9 Å². The second-order valence-corrected chi connectivity index (χ2v) is 8.25. The Hall–Kier alpha value is -1.76. The molecular formula is C19H18BrCl2N3O2.